The number of thiazole rings is 1. The third-order valence-corrected chi connectivity index (χ3v) is 5.23. The van der Waals surface area contributed by atoms with Gasteiger partial charge in [-0.25, -0.2) is 4.79 Å². The van der Waals surface area contributed by atoms with Crippen LogP contribution in [0.3, 0.4) is 0 Å². The first-order valence-corrected chi connectivity index (χ1v) is 9.25. The van der Waals surface area contributed by atoms with Gasteiger partial charge in [0.05, 0.1) is 10.2 Å². The maximum atomic E-state index is 12.6. The first-order chi connectivity index (χ1) is 12.4. The Labute approximate surface area is 159 Å². The summed E-state index contributed by atoms with van der Waals surface area (Å²) in [5.74, 6) is -1.59. The summed E-state index contributed by atoms with van der Waals surface area (Å²) in [4.78, 5) is 29.0. The van der Waals surface area contributed by atoms with Crippen molar-refractivity contribution in [2.45, 2.75) is 19.9 Å². The maximum Gasteiger partial charge on any atom is 0.327 e. The predicted molar refractivity (Wildman–Crippen MR) is 103 cm³/mol. The molecule has 1 N–H and O–H groups in total. The molecule has 0 aliphatic rings. The smallest absolute Gasteiger partial charge is 0.327 e. The van der Waals surface area contributed by atoms with E-state index in [1.165, 1.54) is 11.3 Å². The first kappa shape index (κ1) is 18.4. The average Bonchev–Trinajstić information content (AvgIpc) is 2.92. The van der Waals surface area contributed by atoms with Gasteiger partial charge in [0.1, 0.15) is 6.04 Å². The molecule has 0 radical (unpaired) electrons. The van der Waals surface area contributed by atoms with Gasteiger partial charge in [-0.15, -0.1) is 0 Å². The number of hydrogen-bond donors (Lipinski definition) is 1. The Morgan fingerprint density at radius 1 is 1.15 bits per heavy atom. The third kappa shape index (κ3) is 3.57. The fraction of sp³-hybridized carbons (Fsp3) is 0.211. The van der Waals surface area contributed by atoms with Gasteiger partial charge in [0.2, 0.25) is 0 Å². The van der Waals surface area contributed by atoms with Crippen LogP contribution in [0.4, 0.5) is 0 Å². The molecule has 1 atom stereocenters. The van der Waals surface area contributed by atoms with Crippen LogP contribution in [0.2, 0.25) is 5.02 Å². The molecule has 0 aliphatic heterocycles. The van der Waals surface area contributed by atoms with Crippen LogP contribution >= 0.6 is 22.9 Å². The second-order valence-electron chi connectivity index (χ2n) is 6.18. The van der Waals surface area contributed by atoms with Gasteiger partial charge in [-0.3, -0.25) is 4.79 Å². The Balaban J connectivity index is 2.24. The molecule has 1 aromatic heterocycles. The van der Waals surface area contributed by atoms with Crippen molar-refractivity contribution in [1.29, 1.82) is 0 Å². The summed E-state index contributed by atoms with van der Waals surface area (Å²) < 4.78 is 2.51. The molecule has 0 aliphatic carbocycles. The Morgan fingerprint density at radius 3 is 2.54 bits per heavy atom. The van der Waals surface area contributed by atoms with Crippen LogP contribution in [0.1, 0.15) is 30.2 Å². The van der Waals surface area contributed by atoms with E-state index in [-0.39, 0.29) is 5.92 Å². The Kier molecular flexibility index (Phi) is 5.25. The number of amides is 1. The van der Waals surface area contributed by atoms with Crippen LogP contribution in [-0.2, 0) is 4.79 Å². The van der Waals surface area contributed by atoms with Crippen molar-refractivity contribution in [1.82, 2.24) is 4.57 Å². The van der Waals surface area contributed by atoms with Gasteiger partial charge in [0.15, 0.2) is 4.80 Å². The molecular formula is C19H17ClN2O3S. The Hall–Kier alpha value is -2.44. The number of carboxylic acids is 1. The minimum absolute atomic E-state index is 0.175. The number of halogens is 1. The average molecular weight is 389 g/mol. The van der Waals surface area contributed by atoms with E-state index in [0.29, 0.717) is 15.4 Å². The summed E-state index contributed by atoms with van der Waals surface area (Å²) in [6, 6.07) is 13.2. The summed E-state index contributed by atoms with van der Waals surface area (Å²) >= 11 is 7.24. The number of aliphatic carboxylic acids is 1. The number of carboxylic acid groups (broad SMARTS) is 1. The highest BCUT2D eigenvalue weighted by Crippen LogP contribution is 2.25. The van der Waals surface area contributed by atoms with E-state index < -0.39 is 17.9 Å². The summed E-state index contributed by atoms with van der Waals surface area (Å²) in [5, 5.41) is 10.2. The molecule has 0 bridgehead atoms. The van der Waals surface area contributed by atoms with Gasteiger partial charge >= 0.3 is 5.97 Å². The lowest BCUT2D eigenvalue weighted by molar-refractivity contribution is -0.142. The van der Waals surface area contributed by atoms with Crippen LogP contribution in [0, 0.1) is 5.92 Å². The van der Waals surface area contributed by atoms with E-state index in [9.17, 15) is 14.7 Å². The normalized spacial score (nSPS) is 13.3. The molecule has 0 spiro atoms. The van der Waals surface area contributed by atoms with Crippen LogP contribution in [-0.4, -0.2) is 21.6 Å². The number of carbonyl (C=O) groups is 2. The first-order valence-electron chi connectivity index (χ1n) is 8.06. The van der Waals surface area contributed by atoms with Crippen molar-refractivity contribution < 1.29 is 14.7 Å². The lowest BCUT2D eigenvalue weighted by atomic mass is 10.0. The van der Waals surface area contributed by atoms with Crippen LogP contribution in [0.15, 0.2) is 53.5 Å². The van der Waals surface area contributed by atoms with Crippen LogP contribution in [0.5, 0.6) is 0 Å². The highest BCUT2D eigenvalue weighted by Gasteiger charge is 2.26. The molecule has 26 heavy (non-hydrogen) atoms. The number of fused-ring (bicyclic) bond motifs is 1. The lowest BCUT2D eigenvalue weighted by Gasteiger charge is -2.19. The van der Waals surface area contributed by atoms with Crippen molar-refractivity contribution >= 4 is 45.0 Å². The molecule has 7 heteroatoms. The Morgan fingerprint density at radius 2 is 1.88 bits per heavy atom. The lowest BCUT2D eigenvalue weighted by Crippen LogP contribution is -2.31. The van der Waals surface area contributed by atoms with Crippen molar-refractivity contribution in [3.05, 3.63) is 63.9 Å². The molecule has 3 aromatic rings. The maximum absolute atomic E-state index is 12.6. The van der Waals surface area contributed by atoms with E-state index >= 15 is 0 Å². The zero-order valence-corrected chi connectivity index (χ0v) is 15.8. The van der Waals surface area contributed by atoms with Crippen molar-refractivity contribution in [2.24, 2.45) is 10.9 Å². The minimum Gasteiger partial charge on any atom is -0.480 e. The van der Waals surface area contributed by atoms with Gasteiger partial charge in [-0.2, -0.15) is 4.99 Å². The van der Waals surface area contributed by atoms with Gasteiger partial charge in [-0.1, -0.05) is 55.0 Å². The SMILES string of the molecule is CC(C)C(C(=O)O)n1/c(=N/C(=O)c2cccc(Cl)c2)sc2ccccc21. The second kappa shape index (κ2) is 7.43. The molecule has 1 heterocycles. The van der Waals surface area contributed by atoms with Gasteiger partial charge in [-0.05, 0) is 36.2 Å². The highest BCUT2D eigenvalue weighted by molar-refractivity contribution is 7.16. The fourth-order valence-electron chi connectivity index (χ4n) is 2.81. The minimum atomic E-state index is -0.958. The van der Waals surface area contributed by atoms with E-state index in [4.69, 9.17) is 11.6 Å². The molecule has 3 rings (SSSR count). The van der Waals surface area contributed by atoms with Gasteiger partial charge < -0.3 is 9.67 Å². The zero-order chi connectivity index (χ0) is 18.8. The number of carbonyl (C=O) groups excluding carboxylic acids is 1. The molecular weight excluding hydrogens is 372 g/mol. The largest absolute Gasteiger partial charge is 0.480 e. The number of benzene rings is 2. The number of aromatic nitrogens is 1. The second-order valence-corrected chi connectivity index (χ2v) is 7.62. The quantitative estimate of drug-likeness (QED) is 0.720. The van der Waals surface area contributed by atoms with Crippen LogP contribution < -0.4 is 4.80 Å². The molecule has 2 aromatic carbocycles. The molecule has 1 amide bonds. The molecule has 1 unspecified atom stereocenters. The summed E-state index contributed by atoms with van der Waals surface area (Å²) in [6.45, 7) is 3.67. The van der Waals surface area contributed by atoms with E-state index in [0.717, 1.165) is 10.2 Å². The highest BCUT2D eigenvalue weighted by atomic mass is 35.5. The summed E-state index contributed by atoms with van der Waals surface area (Å²) in [5.41, 5.74) is 1.11. The predicted octanol–water partition coefficient (Wildman–Crippen LogP) is 4.38. The van der Waals surface area contributed by atoms with Crippen molar-refractivity contribution in [3.63, 3.8) is 0 Å². The monoisotopic (exact) mass is 388 g/mol. The molecule has 134 valence electrons. The number of rotatable bonds is 4. The number of nitrogens with zero attached hydrogens (tertiary/aromatic N) is 2. The molecule has 0 fully saturated rings. The third-order valence-electron chi connectivity index (χ3n) is 3.96. The molecule has 0 saturated carbocycles. The molecule has 5 nitrogen and oxygen atoms in total. The van der Waals surface area contributed by atoms with Crippen molar-refractivity contribution in [3.8, 4) is 0 Å². The van der Waals surface area contributed by atoms with Crippen molar-refractivity contribution in [2.75, 3.05) is 0 Å². The Bertz CT molecular complexity index is 1050. The zero-order valence-electron chi connectivity index (χ0n) is 14.2. The van der Waals surface area contributed by atoms with Gasteiger partial charge in [0, 0.05) is 10.6 Å². The van der Waals surface area contributed by atoms with E-state index in [1.807, 2.05) is 38.1 Å². The number of para-hydroxylation sites is 1. The summed E-state index contributed by atoms with van der Waals surface area (Å²) in [6.07, 6.45) is 0. The van der Waals surface area contributed by atoms with Gasteiger partial charge in [0.25, 0.3) is 5.91 Å². The molecule has 0 saturated heterocycles. The van der Waals surface area contributed by atoms with E-state index in [1.54, 1.807) is 28.8 Å². The fourth-order valence-corrected chi connectivity index (χ4v) is 4.05. The summed E-state index contributed by atoms with van der Waals surface area (Å²) in [7, 11) is 0. The van der Waals surface area contributed by atoms with Crippen LogP contribution in [0.25, 0.3) is 10.2 Å². The van der Waals surface area contributed by atoms with E-state index in [2.05, 4.69) is 4.99 Å². The standard InChI is InChI=1S/C19H17ClN2O3S/c1-11(2)16(18(24)25)22-14-8-3-4-9-15(14)26-19(22)21-17(23)12-6-5-7-13(20)10-12/h3-11,16H,1-2H3,(H,24,25)/b21-19-. The number of hydrogen-bond acceptors (Lipinski definition) is 3. The topological polar surface area (TPSA) is 71.7 Å².